The number of ether oxygens (including phenoxy) is 3. The van der Waals surface area contributed by atoms with E-state index in [2.05, 4.69) is 0 Å². The summed E-state index contributed by atoms with van der Waals surface area (Å²) in [6.45, 7) is 0.864. The Morgan fingerprint density at radius 2 is 1.61 bits per heavy atom. The molecule has 0 saturated carbocycles. The van der Waals surface area contributed by atoms with Gasteiger partial charge in [-0.25, -0.2) is 0 Å². The average Bonchev–Trinajstić information content (AvgIpc) is 3.26. The van der Waals surface area contributed by atoms with Crippen molar-refractivity contribution in [2.45, 2.75) is 13.1 Å². The lowest BCUT2D eigenvalue weighted by Gasteiger charge is -2.23. The third-order valence-corrected chi connectivity index (χ3v) is 4.96. The van der Waals surface area contributed by atoms with E-state index in [-0.39, 0.29) is 18.4 Å². The maximum absolute atomic E-state index is 13.3. The van der Waals surface area contributed by atoms with Crippen molar-refractivity contribution < 1.29 is 23.9 Å². The molecule has 0 unspecified atom stereocenters. The monoisotopic (exact) mass is 420 g/mol. The van der Waals surface area contributed by atoms with Crippen LogP contribution in [0.2, 0.25) is 0 Å². The lowest BCUT2D eigenvalue weighted by Crippen LogP contribution is -2.30. The third-order valence-electron chi connectivity index (χ3n) is 4.96. The zero-order valence-corrected chi connectivity index (χ0v) is 16.8. The number of methoxy groups -OCH3 is 1. The van der Waals surface area contributed by atoms with Crippen molar-refractivity contribution in [3.05, 3.63) is 93.5 Å². The van der Waals surface area contributed by atoms with Gasteiger partial charge >= 0.3 is 0 Å². The first-order valence-electron chi connectivity index (χ1n) is 9.58. The Balaban J connectivity index is 1.60. The molecule has 0 radical (unpaired) electrons. The smallest absolute Gasteiger partial charge is 0.269 e. The number of hydrogen-bond acceptors (Lipinski definition) is 6. The van der Waals surface area contributed by atoms with Crippen molar-refractivity contribution in [1.82, 2.24) is 4.90 Å². The highest BCUT2D eigenvalue weighted by Gasteiger charge is 2.20. The molecule has 0 N–H and O–H groups in total. The summed E-state index contributed by atoms with van der Waals surface area (Å²) in [5, 5.41) is 10.9. The van der Waals surface area contributed by atoms with Crippen molar-refractivity contribution in [3.8, 4) is 17.2 Å². The van der Waals surface area contributed by atoms with Gasteiger partial charge in [0.15, 0.2) is 11.5 Å². The van der Waals surface area contributed by atoms with Gasteiger partial charge in [0.2, 0.25) is 6.79 Å². The molecule has 1 heterocycles. The van der Waals surface area contributed by atoms with Gasteiger partial charge in [0.1, 0.15) is 5.75 Å². The first kappa shape index (κ1) is 20.2. The molecule has 0 fully saturated rings. The Kier molecular flexibility index (Phi) is 5.70. The molecular formula is C23H20N2O6. The summed E-state index contributed by atoms with van der Waals surface area (Å²) in [6.07, 6.45) is 0. The topological polar surface area (TPSA) is 91.1 Å². The molecule has 31 heavy (non-hydrogen) atoms. The molecule has 3 aromatic carbocycles. The molecule has 0 bridgehead atoms. The largest absolute Gasteiger partial charge is 0.497 e. The third kappa shape index (κ3) is 4.58. The van der Waals surface area contributed by atoms with Crippen LogP contribution in [0.15, 0.2) is 66.7 Å². The molecular weight excluding hydrogens is 400 g/mol. The van der Waals surface area contributed by atoms with Crippen molar-refractivity contribution in [3.63, 3.8) is 0 Å². The number of carbonyl (C=O) groups excluding carboxylic acids is 1. The average molecular weight is 420 g/mol. The number of hydrogen-bond donors (Lipinski definition) is 0. The van der Waals surface area contributed by atoms with Crippen molar-refractivity contribution >= 4 is 11.6 Å². The van der Waals surface area contributed by atoms with Crippen LogP contribution in [0.5, 0.6) is 17.2 Å². The minimum absolute atomic E-state index is 0.0611. The molecule has 1 amide bonds. The van der Waals surface area contributed by atoms with Crippen molar-refractivity contribution in [2.24, 2.45) is 0 Å². The van der Waals surface area contributed by atoms with E-state index in [1.807, 2.05) is 42.5 Å². The molecule has 8 heteroatoms. The fourth-order valence-corrected chi connectivity index (χ4v) is 3.32. The standard InChI is InChI=1S/C23H20N2O6/c1-29-20-9-2-16(3-10-20)13-24(14-17-4-11-21-22(12-17)31-15-30-21)23(26)18-5-7-19(8-6-18)25(27)28/h2-12H,13-15H2,1H3. The van der Waals surface area contributed by atoms with Gasteiger partial charge in [-0.1, -0.05) is 18.2 Å². The Morgan fingerprint density at radius 3 is 2.29 bits per heavy atom. The molecule has 0 saturated heterocycles. The Morgan fingerprint density at radius 1 is 0.968 bits per heavy atom. The molecule has 8 nitrogen and oxygen atoms in total. The first-order chi connectivity index (χ1) is 15.0. The second-order valence-electron chi connectivity index (χ2n) is 7.00. The van der Waals surface area contributed by atoms with E-state index in [4.69, 9.17) is 14.2 Å². The zero-order chi connectivity index (χ0) is 21.8. The number of nitro groups is 1. The highest BCUT2D eigenvalue weighted by molar-refractivity contribution is 5.94. The van der Waals surface area contributed by atoms with Crippen LogP contribution in [0, 0.1) is 10.1 Å². The summed E-state index contributed by atoms with van der Waals surface area (Å²) >= 11 is 0. The molecule has 0 atom stereocenters. The minimum Gasteiger partial charge on any atom is -0.497 e. The number of amides is 1. The number of fused-ring (bicyclic) bond motifs is 1. The van der Waals surface area contributed by atoms with Gasteiger partial charge in [0, 0.05) is 30.8 Å². The quantitative estimate of drug-likeness (QED) is 0.421. The van der Waals surface area contributed by atoms with Gasteiger partial charge in [0.05, 0.1) is 12.0 Å². The lowest BCUT2D eigenvalue weighted by atomic mass is 10.1. The van der Waals surface area contributed by atoms with Crippen LogP contribution in [-0.4, -0.2) is 29.6 Å². The summed E-state index contributed by atoms with van der Waals surface area (Å²) in [5.41, 5.74) is 2.12. The second-order valence-corrected chi connectivity index (χ2v) is 7.00. The SMILES string of the molecule is COc1ccc(CN(Cc2ccc3c(c2)OCO3)C(=O)c2ccc([N+](=O)[O-])cc2)cc1. The molecule has 0 aliphatic carbocycles. The van der Waals surface area contributed by atoms with Crippen LogP contribution in [0.25, 0.3) is 0 Å². The number of rotatable bonds is 7. The number of nitrogens with zero attached hydrogens (tertiary/aromatic N) is 2. The predicted molar refractivity (Wildman–Crippen MR) is 112 cm³/mol. The van der Waals surface area contributed by atoms with Crippen LogP contribution in [0.1, 0.15) is 21.5 Å². The van der Waals surface area contributed by atoms with Crippen LogP contribution in [0.4, 0.5) is 5.69 Å². The minimum atomic E-state index is -0.490. The van der Waals surface area contributed by atoms with Gasteiger partial charge in [-0.3, -0.25) is 14.9 Å². The van der Waals surface area contributed by atoms with E-state index in [1.165, 1.54) is 24.3 Å². The molecule has 1 aliphatic heterocycles. The summed E-state index contributed by atoms with van der Waals surface area (Å²) in [7, 11) is 1.60. The maximum atomic E-state index is 13.3. The number of nitro benzene ring substituents is 1. The highest BCUT2D eigenvalue weighted by atomic mass is 16.7. The van der Waals surface area contributed by atoms with E-state index in [9.17, 15) is 14.9 Å². The van der Waals surface area contributed by atoms with Gasteiger partial charge < -0.3 is 19.1 Å². The highest BCUT2D eigenvalue weighted by Crippen LogP contribution is 2.33. The fourth-order valence-electron chi connectivity index (χ4n) is 3.32. The van der Waals surface area contributed by atoms with Crippen LogP contribution in [-0.2, 0) is 13.1 Å². The van der Waals surface area contributed by atoms with Crippen molar-refractivity contribution in [2.75, 3.05) is 13.9 Å². The Labute approximate surface area is 178 Å². The van der Waals surface area contributed by atoms with E-state index in [0.717, 1.165) is 16.9 Å². The summed E-state index contributed by atoms with van der Waals surface area (Å²) in [5.74, 6) is 1.81. The van der Waals surface area contributed by atoms with Crippen LogP contribution >= 0.6 is 0 Å². The number of non-ortho nitro benzene ring substituents is 1. The summed E-state index contributed by atoms with van der Waals surface area (Å²) < 4.78 is 16.0. The number of benzene rings is 3. The van der Waals surface area contributed by atoms with E-state index in [0.29, 0.717) is 30.2 Å². The van der Waals surface area contributed by atoms with Gasteiger partial charge in [-0.2, -0.15) is 0 Å². The summed E-state index contributed by atoms with van der Waals surface area (Å²) in [4.78, 5) is 25.4. The zero-order valence-electron chi connectivity index (χ0n) is 16.8. The molecule has 3 aromatic rings. The number of carbonyl (C=O) groups is 1. The second kappa shape index (κ2) is 8.74. The molecule has 0 aromatic heterocycles. The van der Waals surface area contributed by atoms with Crippen LogP contribution in [0.3, 0.4) is 0 Å². The fraction of sp³-hybridized carbons (Fsp3) is 0.174. The molecule has 158 valence electrons. The van der Waals surface area contributed by atoms with E-state index < -0.39 is 4.92 Å². The van der Waals surface area contributed by atoms with Gasteiger partial charge in [0.25, 0.3) is 11.6 Å². The van der Waals surface area contributed by atoms with E-state index >= 15 is 0 Å². The maximum Gasteiger partial charge on any atom is 0.269 e. The molecule has 4 rings (SSSR count). The molecule has 0 spiro atoms. The first-order valence-corrected chi connectivity index (χ1v) is 9.58. The molecule has 1 aliphatic rings. The summed E-state index contributed by atoms with van der Waals surface area (Å²) in [6, 6.07) is 18.6. The van der Waals surface area contributed by atoms with Gasteiger partial charge in [-0.15, -0.1) is 0 Å². The Hall–Kier alpha value is -4.07. The Bertz CT molecular complexity index is 1100. The van der Waals surface area contributed by atoms with E-state index in [1.54, 1.807) is 12.0 Å². The predicted octanol–water partition coefficient (Wildman–Crippen LogP) is 4.17. The van der Waals surface area contributed by atoms with Crippen molar-refractivity contribution in [1.29, 1.82) is 0 Å². The van der Waals surface area contributed by atoms with Gasteiger partial charge in [-0.05, 0) is 47.5 Å². The lowest BCUT2D eigenvalue weighted by molar-refractivity contribution is -0.384. The normalized spacial score (nSPS) is 11.8. The van der Waals surface area contributed by atoms with Crippen LogP contribution < -0.4 is 14.2 Å².